The molecular formula is C19H33NO. The first-order valence-electron chi connectivity index (χ1n) is 8.38. The van der Waals surface area contributed by atoms with E-state index in [-0.39, 0.29) is 6.10 Å². The highest BCUT2D eigenvalue weighted by Gasteiger charge is 2.24. The summed E-state index contributed by atoms with van der Waals surface area (Å²) in [6.45, 7) is 13.0. The average Bonchev–Trinajstić information content (AvgIpc) is 2.45. The molecule has 0 heterocycles. The van der Waals surface area contributed by atoms with Crippen molar-refractivity contribution < 1.29 is 4.74 Å². The normalized spacial score (nSPS) is 14.9. The van der Waals surface area contributed by atoms with Crippen LogP contribution in [0.4, 0.5) is 0 Å². The highest BCUT2D eigenvalue weighted by Crippen LogP contribution is 2.28. The van der Waals surface area contributed by atoms with Crippen LogP contribution in [-0.2, 0) is 4.74 Å². The second kappa shape index (κ2) is 9.22. The lowest BCUT2D eigenvalue weighted by Gasteiger charge is -2.31. The second-order valence-corrected chi connectivity index (χ2v) is 6.95. The fraction of sp³-hybridized carbons (Fsp3) is 0.684. The van der Waals surface area contributed by atoms with Crippen LogP contribution in [0.5, 0.6) is 0 Å². The van der Waals surface area contributed by atoms with Crippen LogP contribution in [0.15, 0.2) is 30.3 Å². The van der Waals surface area contributed by atoms with Gasteiger partial charge < -0.3 is 10.1 Å². The average molecular weight is 291 g/mol. The monoisotopic (exact) mass is 291 g/mol. The Morgan fingerprint density at radius 1 is 1.10 bits per heavy atom. The summed E-state index contributed by atoms with van der Waals surface area (Å²) in [7, 11) is 0. The highest BCUT2D eigenvalue weighted by molar-refractivity contribution is 5.19. The van der Waals surface area contributed by atoms with E-state index in [1.165, 1.54) is 12.0 Å². The molecule has 2 nitrogen and oxygen atoms in total. The molecule has 2 atom stereocenters. The van der Waals surface area contributed by atoms with E-state index in [4.69, 9.17) is 4.74 Å². The molecular weight excluding hydrogens is 258 g/mol. The van der Waals surface area contributed by atoms with Gasteiger partial charge in [0.05, 0.1) is 6.10 Å². The zero-order valence-corrected chi connectivity index (χ0v) is 14.5. The van der Waals surface area contributed by atoms with Gasteiger partial charge in [0.1, 0.15) is 0 Å². The molecule has 0 bridgehead atoms. The summed E-state index contributed by atoms with van der Waals surface area (Å²) in [6.07, 6.45) is 3.64. The topological polar surface area (TPSA) is 21.3 Å². The van der Waals surface area contributed by atoms with Gasteiger partial charge in [0.25, 0.3) is 0 Å². The third-order valence-electron chi connectivity index (χ3n) is 3.70. The first-order chi connectivity index (χ1) is 9.98. The van der Waals surface area contributed by atoms with Crippen LogP contribution < -0.4 is 5.32 Å². The highest BCUT2D eigenvalue weighted by atomic mass is 16.5. The van der Waals surface area contributed by atoms with Crippen molar-refractivity contribution in [1.29, 1.82) is 0 Å². The smallest absolute Gasteiger partial charge is 0.0977 e. The van der Waals surface area contributed by atoms with Crippen LogP contribution in [0.1, 0.15) is 65.5 Å². The van der Waals surface area contributed by atoms with Crippen molar-refractivity contribution in [3.05, 3.63) is 35.9 Å². The van der Waals surface area contributed by atoms with E-state index >= 15 is 0 Å². The second-order valence-electron chi connectivity index (χ2n) is 6.95. The van der Waals surface area contributed by atoms with Crippen molar-refractivity contribution in [2.75, 3.05) is 13.2 Å². The molecule has 120 valence electrons. The van der Waals surface area contributed by atoms with Gasteiger partial charge in [-0.05, 0) is 43.7 Å². The van der Waals surface area contributed by atoms with Crippen LogP contribution in [-0.4, -0.2) is 19.2 Å². The molecule has 0 aliphatic rings. The lowest BCUT2D eigenvalue weighted by molar-refractivity contribution is 0.0280. The Hall–Kier alpha value is -0.860. The maximum atomic E-state index is 6.09. The van der Waals surface area contributed by atoms with Crippen molar-refractivity contribution in [2.45, 2.75) is 66.0 Å². The molecule has 0 spiro atoms. The van der Waals surface area contributed by atoms with Gasteiger partial charge >= 0.3 is 0 Å². The fourth-order valence-electron chi connectivity index (χ4n) is 2.55. The molecule has 0 saturated carbocycles. The van der Waals surface area contributed by atoms with Crippen molar-refractivity contribution >= 4 is 0 Å². The molecule has 0 aliphatic carbocycles. The predicted molar refractivity (Wildman–Crippen MR) is 91.6 cm³/mol. The predicted octanol–water partition coefficient (Wildman–Crippen LogP) is 4.96. The summed E-state index contributed by atoms with van der Waals surface area (Å²) in [4.78, 5) is 0. The van der Waals surface area contributed by atoms with Gasteiger partial charge in [-0.2, -0.15) is 0 Å². The van der Waals surface area contributed by atoms with E-state index in [0.29, 0.717) is 11.5 Å². The first kappa shape index (κ1) is 18.2. The molecule has 2 heteroatoms. The van der Waals surface area contributed by atoms with E-state index < -0.39 is 0 Å². The summed E-state index contributed by atoms with van der Waals surface area (Å²) in [5.74, 6) is 0. The van der Waals surface area contributed by atoms with Gasteiger partial charge in [-0.3, -0.25) is 0 Å². The minimum atomic E-state index is 0.144. The molecule has 0 saturated heterocycles. The van der Waals surface area contributed by atoms with E-state index in [1.54, 1.807) is 0 Å². The minimum Gasteiger partial charge on any atom is -0.372 e. The van der Waals surface area contributed by atoms with Crippen molar-refractivity contribution in [3.63, 3.8) is 0 Å². The van der Waals surface area contributed by atoms with Crippen molar-refractivity contribution in [3.8, 4) is 0 Å². The third kappa shape index (κ3) is 7.10. The molecule has 1 rings (SSSR count). The summed E-state index contributed by atoms with van der Waals surface area (Å²) in [6, 6.07) is 11.0. The minimum absolute atomic E-state index is 0.144. The Balaban J connectivity index is 2.84. The number of hydrogen-bond acceptors (Lipinski definition) is 2. The lowest BCUT2D eigenvalue weighted by atomic mass is 9.86. The van der Waals surface area contributed by atoms with Crippen LogP contribution in [0.25, 0.3) is 0 Å². The molecule has 1 N–H and O–H groups in total. The zero-order valence-electron chi connectivity index (χ0n) is 14.5. The van der Waals surface area contributed by atoms with E-state index in [1.807, 2.05) is 0 Å². The number of ether oxygens (including phenoxy) is 1. The van der Waals surface area contributed by atoms with E-state index in [9.17, 15) is 0 Å². The van der Waals surface area contributed by atoms with Crippen molar-refractivity contribution in [1.82, 2.24) is 5.32 Å². The maximum absolute atomic E-state index is 6.09. The Morgan fingerprint density at radius 2 is 1.76 bits per heavy atom. The van der Waals surface area contributed by atoms with Gasteiger partial charge in [-0.15, -0.1) is 0 Å². The number of hydrogen-bond donors (Lipinski definition) is 1. The Morgan fingerprint density at radius 3 is 2.29 bits per heavy atom. The summed E-state index contributed by atoms with van der Waals surface area (Å²) >= 11 is 0. The first-order valence-corrected chi connectivity index (χ1v) is 8.38. The summed E-state index contributed by atoms with van der Waals surface area (Å²) < 4.78 is 6.09. The third-order valence-corrected chi connectivity index (χ3v) is 3.70. The molecule has 1 aromatic carbocycles. The van der Waals surface area contributed by atoms with E-state index in [2.05, 4.69) is 70.3 Å². The van der Waals surface area contributed by atoms with Crippen LogP contribution in [0, 0.1) is 5.41 Å². The Labute approximate surface area is 131 Å². The van der Waals surface area contributed by atoms with E-state index in [0.717, 1.165) is 26.0 Å². The van der Waals surface area contributed by atoms with Gasteiger partial charge in [0.15, 0.2) is 0 Å². The largest absolute Gasteiger partial charge is 0.372 e. The zero-order chi connectivity index (χ0) is 15.7. The molecule has 2 unspecified atom stereocenters. The molecule has 1 aromatic rings. The maximum Gasteiger partial charge on any atom is 0.0977 e. The van der Waals surface area contributed by atoms with Crippen LogP contribution >= 0.6 is 0 Å². The molecule has 21 heavy (non-hydrogen) atoms. The standard InChI is InChI=1S/C19H33NO/c1-6-15-20-17(13-14-19(3,4)5)18(21-7-2)16-11-9-8-10-12-16/h8-12,17-18,20H,6-7,13-15H2,1-5H3. The molecule has 0 fully saturated rings. The Kier molecular flexibility index (Phi) is 7.98. The number of benzene rings is 1. The molecule has 0 radical (unpaired) electrons. The SMILES string of the molecule is CCCNC(CCC(C)(C)C)C(OCC)c1ccccc1. The molecule has 0 amide bonds. The van der Waals surface area contributed by atoms with Gasteiger partial charge in [0, 0.05) is 12.6 Å². The van der Waals surface area contributed by atoms with Gasteiger partial charge in [-0.1, -0.05) is 58.0 Å². The van der Waals surface area contributed by atoms with Crippen LogP contribution in [0.3, 0.4) is 0 Å². The van der Waals surface area contributed by atoms with Crippen LogP contribution in [0.2, 0.25) is 0 Å². The lowest BCUT2D eigenvalue weighted by Crippen LogP contribution is -2.37. The summed E-state index contributed by atoms with van der Waals surface area (Å²) in [5.41, 5.74) is 1.64. The Bertz CT molecular complexity index is 369. The van der Waals surface area contributed by atoms with Crippen molar-refractivity contribution in [2.24, 2.45) is 5.41 Å². The molecule has 0 aliphatic heterocycles. The number of rotatable bonds is 9. The number of nitrogens with one attached hydrogen (secondary N) is 1. The molecule has 0 aromatic heterocycles. The quantitative estimate of drug-likeness (QED) is 0.694. The van der Waals surface area contributed by atoms with Gasteiger partial charge in [-0.25, -0.2) is 0 Å². The summed E-state index contributed by atoms with van der Waals surface area (Å²) in [5, 5.41) is 3.70. The fourth-order valence-corrected chi connectivity index (χ4v) is 2.55. The van der Waals surface area contributed by atoms with Gasteiger partial charge in [0.2, 0.25) is 0 Å².